The number of aromatic hydroxyl groups is 1. The minimum atomic E-state index is -1.19. The summed E-state index contributed by atoms with van der Waals surface area (Å²) in [6.45, 7) is 2.66. The second-order valence-electron chi connectivity index (χ2n) is 5.13. The van der Waals surface area contributed by atoms with Gasteiger partial charge in [-0.1, -0.05) is 19.4 Å². The molecule has 1 rings (SSSR count). The van der Waals surface area contributed by atoms with Crippen LogP contribution < -0.4 is 11.1 Å². The minimum Gasteiger partial charge on any atom is -0.507 e. The molecule has 6 heteroatoms. The highest BCUT2D eigenvalue weighted by atomic mass is 16.4. The van der Waals surface area contributed by atoms with Crippen LogP contribution in [-0.4, -0.2) is 28.6 Å². The number of carboxylic acids is 1. The Morgan fingerprint density at radius 3 is 2.55 bits per heavy atom. The number of hydrogen-bond donors (Lipinski definition) is 4. The highest BCUT2D eigenvalue weighted by Gasteiger charge is 2.16. The lowest BCUT2D eigenvalue weighted by Gasteiger charge is -2.13. The molecule has 0 fully saturated rings. The first-order chi connectivity index (χ1) is 10.5. The van der Waals surface area contributed by atoms with Crippen LogP contribution >= 0.6 is 0 Å². The van der Waals surface area contributed by atoms with Crippen molar-refractivity contribution in [3.63, 3.8) is 0 Å². The lowest BCUT2D eigenvalue weighted by Crippen LogP contribution is -2.23. The molecule has 0 saturated heterocycles. The van der Waals surface area contributed by atoms with Crippen molar-refractivity contribution >= 4 is 11.9 Å². The second-order valence-corrected chi connectivity index (χ2v) is 5.13. The number of unbranched alkanes of at least 4 members (excludes halogenated alkanes) is 2. The average molecular weight is 308 g/mol. The van der Waals surface area contributed by atoms with E-state index < -0.39 is 5.97 Å². The molecule has 0 aliphatic heterocycles. The highest BCUT2D eigenvalue weighted by Crippen LogP contribution is 2.26. The van der Waals surface area contributed by atoms with E-state index in [1.54, 1.807) is 6.07 Å². The number of carboxylic acid groups (broad SMARTS) is 1. The number of phenols is 1. The molecule has 0 aliphatic carbocycles. The zero-order valence-corrected chi connectivity index (χ0v) is 12.9. The van der Waals surface area contributed by atoms with E-state index >= 15 is 0 Å². The first-order valence-corrected chi connectivity index (χ1v) is 7.55. The van der Waals surface area contributed by atoms with Gasteiger partial charge in [-0.05, 0) is 37.4 Å². The van der Waals surface area contributed by atoms with Crippen LogP contribution in [0, 0.1) is 0 Å². The summed E-state index contributed by atoms with van der Waals surface area (Å²) in [5.74, 6) is -1.57. The van der Waals surface area contributed by atoms with Crippen molar-refractivity contribution in [2.45, 2.75) is 45.6 Å². The third kappa shape index (κ3) is 5.04. The van der Waals surface area contributed by atoms with Gasteiger partial charge in [-0.2, -0.15) is 0 Å². The van der Waals surface area contributed by atoms with Crippen LogP contribution in [0.5, 0.6) is 5.75 Å². The molecule has 6 nitrogen and oxygen atoms in total. The van der Waals surface area contributed by atoms with Crippen LogP contribution in [0.2, 0.25) is 0 Å². The van der Waals surface area contributed by atoms with Crippen LogP contribution in [0.1, 0.15) is 54.1 Å². The maximum atomic E-state index is 11.8. The van der Waals surface area contributed by atoms with E-state index in [1.807, 2.05) is 6.92 Å². The van der Waals surface area contributed by atoms with Crippen molar-refractivity contribution in [2.75, 3.05) is 6.54 Å². The number of nitrogens with two attached hydrogens (primary N) is 1. The van der Waals surface area contributed by atoms with Crippen molar-refractivity contribution in [1.82, 2.24) is 5.32 Å². The number of hydrogen-bond acceptors (Lipinski definition) is 4. The van der Waals surface area contributed by atoms with Crippen molar-refractivity contribution in [2.24, 2.45) is 5.73 Å². The van der Waals surface area contributed by atoms with Gasteiger partial charge in [0.05, 0.1) is 0 Å². The Morgan fingerprint density at radius 1 is 1.23 bits per heavy atom. The molecule has 0 aromatic heterocycles. The molecule has 0 aliphatic rings. The third-order valence-corrected chi connectivity index (χ3v) is 3.56. The molecule has 0 unspecified atom stereocenters. The van der Waals surface area contributed by atoms with Crippen molar-refractivity contribution < 1.29 is 19.8 Å². The predicted octanol–water partition coefficient (Wildman–Crippen LogP) is 1.79. The number of aromatic carboxylic acids is 1. The normalized spacial score (nSPS) is 10.5. The van der Waals surface area contributed by atoms with Gasteiger partial charge in [-0.3, -0.25) is 4.79 Å². The zero-order chi connectivity index (χ0) is 16.5. The fourth-order valence-electron chi connectivity index (χ4n) is 2.26. The Morgan fingerprint density at radius 2 is 1.95 bits per heavy atom. The molecule has 0 heterocycles. The predicted molar refractivity (Wildman–Crippen MR) is 83.8 cm³/mol. The molecule has 0 bridgehead atoms. The van der Waals surface area contributed by atoms with Crippen molar-refractivity contribution in [3.05, 3.63) is 28.8 Å². The summed E-state index contributed by atoms with van der Waals surface area (Å²) in [5, 5.41) is 21.9. The molecule has 1 amide bonds. The van der Waals surface area contributed by atoms with Gasteiger partial charge in [-0.25, -0.2) is 4.79 Å². The van der Waals surface area contributed by atoms with Gasteiger partial charge in [0, 0.05) is 18.5 Å². The Bertz CT molecular complexity index is 529. The van der Waals surface area contributed by atoms with Crippen molar-refractivity contribution in [1.29, 1.82) is 0 Å². The van der Waals surface area contributed by atoms with Gasteiger partial charge in [0.2, 0.25) is 5.91 Å². The van der Waals surface area contributed by atoms with E-state index in [2.05, 4.69) is 5.32 Å². The van der Waals surface area contributed by atoms with Crippen LogP contribution in [0.25, 0.3) is 0 Å². The molecular weight excluding hydrogens is 284 g/mol. The summed E-state index contributed by atoms with van der Waals surface area (Å²) in [5.41, 5.74) is 6.54. The molecule has 122 valence electrons. The fourth-order valence-corrected chi connectivity index (χ4v) is 2.26. The lowest BCUT2D eigenvalue weighted by molar-refractivity contribution is -0.121. The molecule has 0 spiro atoms. The smallest absolute Gasteiger partial charge is 0.339 e. The molecule has 1 aromatic carbocycles. The zero-order valence-electron chi connectivity index (χ0n) is 12.9. The van der Waals surface area contributed by atoms with Crippen molar-refractivity contribution in [3.8, 4) is 5.75 Å². The Kier molecular flexibility index (Phi) is 7.39. The van der Waals surface area contributed by atoms with E-state index in [1.165, 1.54) is 6.07 Å². The molecule has 0 saturated carbocycles. The second kappa shape index (κ2) is 9.04. The van der Waals surface area contributed by atoms with Gasteiger partial charge in [-0.15, -0.1) is 0 Å². The van der Waals surface area contributed by atoms with Crippen LogP contribution in [0.3, 0.4) is 0 Å². The van der Waals surface area contributed by atoms with Crippen LogP contribution in [0.15, 0.2) is 12.1 Å². The number of nitrogens with one attached hydrogen (secondary N) is 1. The molecule has 0 atom stereocenters. The molecule has 0 radical (unpaired) electrons. The number of carbonyl (C=O) groups is 2. The Hall–Kier alpha value is -2.08. The monoisotopic (exact) mass is 308 g/mol. The van der Waals surface area contributed by atoms with E-state index in [4.69, 9.17) is 10.8 Å². The topological polar surface area (TPSA) is 113 Å². The SMILES string of the molecule is CCc1ccc(C(=O)O)c(O)c1CNC(=O)CCCCCN. The largest absolute Gasteiger partial charge is 0.507 e. The maximum absolute atomic E-state index is 11.8. The molecular formula is C16H24N2O4. The van der Waals surface area contributed by atoms with E-state index in [9.17, 15) is 14.7 Å². The number of aryl methyl sites for hydroxylation is 1. The summed E-state index contributed by atoms with van der Waals surface area (Å²) in [6, 6.07) is 3.06. The summed E-state index contributed by atoms with van der Waals surface area (Å²) >= 11 is 0. The summed E-state index contributed by atoms with van der Waals surface area (Å²) in [7, 11) is 0. The number of rotatable bonds is 9. The van der Waals surface area contributed by atoms with Gasteiger partial charge < -0.3 is 21.3 Å². The van der Waals surface area contributed by atoms with E-state index in [-0.39, 0.29) is 23.8 Å². The van der Waals surface area contributed by atoms with E-state index in [0.717, 1.165) is 24.8 Å². The molecule has 5 N–H and O–H groups in total. The molecule has 22 heavy (non-hydrogen) atoms. The standard InChI is InChI=1S/C16H24N2O4/c1-2-11-7-8-12(16(21)22)15(20)13(11)10-18-14(19)6-4-3-5-9-17/h7-8,20H,2-6,9-10,17H2,1H3,(H,18,19)(H,21,22). The van der Waals surface area contributed by atoms with Gasteiger partial charge >= 0.3 is 5.97 Å². The fraction of sp³-hybridized carbons (Fsp3) is 0.500. The van der Waals surface area contributed by atoms with Gasteiger partial charge in [0.15, 0.2) is 0 Å². The van der Waals surface area contributed by atoms with Crippen LogP contribution in [-0.2, 0) is 17.8 Å². The quantitative estimate of drug-likeness (QED) is 0.519. The number of amides is 1. The lowest BCUT2D eigenvalue weighted by atomic mass is 10.00. The van der Waals surface area contributed by atoms with E-state index in [0.29, 0.717) is 24.9 Å². The van der Waals surface area contributed by atoms with Gasteiger partial charge in [0.1, 0.15) is 11.3 Å². The summed E-state index contributed by atoms with van der Waals surface area (Å²) < 4.78 is 0. The molecule has 1 aromatic rings. The maximum Gasteiger partial charge on any atom is 0.339 e. The van der Waals surface area contributed by atoms with Crippen LogP contribution in [0.4, 0.5) is 0 Å². The first-order valence-electron chi connectivity index (χ1n) is 7.55. The number of carbonyl (C=O) groups excluding carboxylic acids is 1. The Labute approximate surface area is 130 Å². The Balaban J connectivity index is 2.69. The first kappa shape index (κ1) is 18.0. The minimum absolute atomic E-state index is 0.112. The summed E-state index contributed by atoms with van der Waals surface area (Å²) in [6.07, 6.45) is 3.62. The van der Waals surface area contributed by atoms with Gasteiger partial charge in [0.25, 0.3) is 0 Å². The number of benzene rings is 1. The average Bonchev–Trinajstić information content (AvgIpc) is 2.49. The summed E-state index contributed by atoms with van der Waals surface area (Å²) in [4.78, 5) is 22.8. The third-order valence-electron chi connectivity index (χ3n) is 3.56. The highest BCUT2D eigenvalue weighted by molar-refractivity contribution is 5.91.